The first-order chi connectivity index (χ1) is 18.8. The van der Waals surface area contributed by atoms with Crippen LogP contribution in [-0.2, 0) is 26.2 Å². The Morgan fingerprint density at radius 2 is 1.79 bits per heavy atom. The smallest absolute Gasteiger partial charge is 0.252 e. The highest BCUT2D eigenvalue weighted by Crippen LogP contribution is 2.30. The summed E-state index contributed by atoms with van der Waals surface area (Å²) < 4.78 is 7.68. The highest BCUT2D eigenvalue weighted by atomic mass is 35.5. The Morgan fingerprint density at radius 3 is 2.46 bits per heavy atom. The molecule has 204 valence electrons. The quantitative estimate of drug-likeness (QED) is 0.217. The normalized spacial score (nSPS) is 11.2. The predicted molar refractivity (Wildman–Crippen MR) is 155 cm³/mol. The van der Waals surface area contributed by atoms with Gasteiger partial charge in [-0.3, -0.25) is 9.69 Å². The number of methoxy groups -OCH3 is 1. The van der Waals surface area contributed by atoms with Gasteiger partial charge in [-0.05, 0) is 54.3 Å². The summed E-state index contributed by atoms with van der Waals surface area (Å²) in [7, 11) is 1.65. The number of nitrogens with two attached hydrogens (primary N) is 1. The van der Waals surface area contributed by atoms with E-state index in [1.165, 1.54) is 0 Å². The van der Waals surface area contributed by atoms with E-state index >= 15 is 0 Å². The number of hydrogen-bond acceptors (Lipinski definition) is 5. The number of rotatable bonds is 12. The van der Waals surface area contributed by atoms with Crippen LogP contribution in [0.25, 0.3) is 11.4 Å². The third-order valence-corrected chi connectivity index (χ3v) is 7.10. The number of carbonyl (C=O) groups excluding carboxylic acids is 1. The van der Waals surface area contributed by atoms with E-state index in [0.717, 1.165) is 58.9 Å². The van der Waals surface area contributed by atoms with E-state index in [2.05, 4.69) is 41.5 Å². The molecule has 0 aliphatic heterocycles. The van der Waals surface area contributed by atoms with Crippen molar-refractivity contribution in [1.29, 1.82) is 0 Å². The molecule has 0 radical (unpaired) electrons. The SMILES string of the molecule is CCCCn1c(-c2ccccc2C)nc(Cl)c1CN(Cc1cccc(OC)c1)Cc1ccc(C(N)=O)c(O)c1. The van der Waals surface area contributed by atoms with Gasteiger partial charge in [-0.2, -0.15) is 0 Å². The van der Waals surface area contributed by atoms with Gasteiger partial charge < -0.3 is 20.1 Å². The minimum Gasteiger partial charge on any atom is -0.507 e. The number of nitrogens with zero attached hydrogens (tertiary/aromatic N) is 3. The summed E-state index contributed by atoms with van der Waals surface area (Å²) in [5, 5.41) is 10.9. The van der Waals surface area contributed by atoms with Crippen LogP contribution in [0, 0.1) is 6.92 Å². The van der Waals surface area contributed by atoms with Crippen molar-refractivity contribution in [2.45, 2.75) is 52.9 Å². The molecule has 0 spiro atoms. The molecule has 4 aromatic rings. The van der Waals surface area contributed by atoms with E-state index in [1.54, 1.807) is 19.2 Å². The average molecular weight is 547 g/mol. The molecule has 4 rings (SSSR count). The number of aromatic nitrogens is 2. The van der Waals surface area contributed by atoms with Crippen molar-refractivity contribution >= 4 is 17.5 Å². The first-order valence-electron chi connectivity index (χ1n) is 13.1. The molecule has 3 N–H and O–H groups in total. The van der Waals surface area contributed by atoms with Gasteiger partial charge in [-0.25, -0.2) is 4.98 Å². The third kappa shape index (κ3) is 6.80. The molecule has 0 unspecified atom stereocenters. The maximum atomic E-state index is 11.6. The number of imidazole rings is 1. The Hall–Kier alpha value is -3.81. The number of carbonyl (C=O) groups is 1. The van der Waals surface area contributed by atoms with Crippen LogP contribution < -0.4 is 10.5 Å². The molecule has 0 atom stereocenters. The van der Waals surface area contributed by atoms with Crippen molar-refractivity contribution in [3.05, 3.63) is 99.8 Å². The Morgan fingerprint density at radius 1 is 1.05 bits per heavy atom. The number of primary amides is 1. The number of benzene rings is 3. The fourth-order valence-corrected chi connectivity index (χ4v) is 4.99. The zero-order valence-electron chi connectivity index (χ0n) is 22.7. The number of hydrogen-bond donors (Lipinski definition) is 2. The summed E-state index contributed by atoms with van der Waals surface area (Å²) in [5.74, 6) is 0.854. The van der Waals surface area contributed by atoms with Gasteiger partial charge in [-0.15, -0.1) is 0 Å². The minimum absolute atomic E-state index is 0.0988. The fraction of sp³-hybridized carbons (Fsp3) is 0.290. The van der Waals surface area contributed by atoms with Crippen molar-refractivity contribution in [3.63, 3.8) is 0 Å². The topological polar surface area (TPSA) is 93.6 Å². The number of aromatic hydroxyl groups is 1. The van der Waals surface area contributed by atoms with Gasteiger partial charge in [0.2, 0.25) is 0 Å². The molecular formula is C31H35ClN4O3. The summed E-state index contributed by atoms with van der Waals surface area (Å²) in [6.45, 7) is 6.68. The molecule has 39 heavy (non-hydrogen) atoms. The summed E-state index contributed by atoms with van der Waals surface area (Å²) >= 11 is 6.84. The summed E-state index contributed by atoms with van der Waals surface area (Å²) in [6, 6.07) is 21.1. The highest BCUT2D eigenvalue weighted by Gasteiger charge is 2.21. The Labute approximate surface area is 234 Å². The number of ether oxygens (including phenoxy) is 1. The zero-order valence-corrected chi connectivity index (χ0v) is 23.4. The lowest BCUT2D eigenvalue weighted by Crippen LogP contribution is -2.24. The third-order valence-electron chi connectivity index (χ3n) is 6.79. The number of aryl methyl sites for hydroxylation is 1. The molecule has 7 nitrogen and oxygen atoms in total. The molecule has 3 aromatic carbocycles. The van der Waals surface area contributed by atoms with E-state index < -0.39 is 5.91 Å². The van der Waals surface area contributed by atoms with Gasteiger partial charge in [-0.1, -0.05) is 67.4 Å². The van der Waals surface area contributed by atoms with Gasteiger partial charge in [0.05, 0.1) is 18.4 Å². The average Bonchev–Trinajstić information content (AvgIpc) is 3.21. The summed E-state index contributed by atoms with van der Waals surface area (Å²) in [5.41, 5.74) is 10.5. The van der Waals surface area contributed by atoms with Crippen molar-refractivity contribution in [1.82, 2.24) is 14.5 Å². The van der Waals surface area contributed by atoms with Crippen LogP contribution in [0.1, 0.15) is 52.5 Å². The van der Waals surface area contributed by atoms with E-state index in [0.29, 0.717) is 24.8 Å². The number of phenols is 1. The van der Waals surface area contributed by atoms with Crippen LogP contribution >= 0.6 is 11.6 Å². The van der Waals surface area contributed by atoms with Crippen LogP contribution in [0.5, 0.6) is 11.5 Å². The predicted octanol–water partition coefficient (Wildman–Crippen LogP) is 6.33. The lowest BCUT2D eigenvalue weighted by Gasteiger charge is -2.24. The lowest BCUT2D eigenvalue weighted by atomic mass is 10.1. The Balaban J connectivity index is 1.73. The molecule has 0 saturated heterocycles. The van der Waals surface area contributed by atoms with Gasteiger partial charge in [0.25, 0.3) is 5.91 Å². The van der Waals surface area contributed by atoms with Crippen LogP contribution in [0.4, 0.5) is 0 Å². The number of halogens is 1. The van der Waals surface area contributed by atoms with Crippen molar-refractivity contribution in [2.75, 3.05) is 7.11 Å². The molecule has 1 aromatic heterocycles. The summed E-state index contributed by atoms with van der Waals surface area (Å²) in [4.78, 5) is 18.7. The van der Waals surface area contributed by atoms with Crippen LogP contribution in [0.15, 0.2) is 66.7 Å². The monoisotopic (exact) mass is 546 g/mol. The van der Waals surface area contributed by atoms with E-state index in [-0.39, 0.29) is 11.3 Å². The minimum atomic E-state index is -0.664. The second kappa shape index (κ2) is 12.8. The van der Waals surface area contributed by atoms with Crippen LogP contribution in [0.2, 0.25) is 5.15 Å². The molecule has 0 aliphatic carbocycles. The molecule has 1 heterocycles. The second-order valence-corrected chi connectivity index (χ2v) is 10.1. The highest BCUT2D eigenvalue weighted by molar-refractivity contribution is 6.30. The molecule has 8 heteroatoms. The van der Waals surface area contributed by atoms with E-state index in [9.17, 15) is 9.90 Å². The molecule has 0 aliphatic rings. The van der Waals surface area contributed by atoms with Crippen molar-refractivity contribution in [3.8, 4) is 22.9 Å². The van der Waals surface area contributed by atoms with Gasteiger partial charge in [0.1, 0.15) is 17.3 Å². The van der Waals surface area contributed by atoms with E-state index in [1.807, 2.05) is 36.4 Å². The molecule has 1 amide bonds. The zero-order chi connectivity index (χ0) is 27.9. The molecule has 0 fully saturated rings. The number of unbranched alkanes of at least 4 members (excludes halogenated alkanes) is 1. The first-order valence-corrected chi connectivity index (χ1v) is 13.5. The van der Waals surface area contributed by atoms with Crippen molar-refractivity contribution in [2.24, 2.45) is 5.73 Å². The van der Waals surface area contributed by atoms with Crippen molar-refractivity contribution < 1.29 is 14.6 Å². The molecule has 0 saturated carbocycles. The van der Waals surface area contributed by atoms with Crippen LogP contribution in [0.3, 0.4) is 0 Å². The number of amides is 1. The van der Waals surface area contributed by atoms with Crippen LogP contribution in [-0.4, -0.2) is 32.6 Å². The largest absolute Gasteiger partial charge is 0.507 e. The van der Waals surface area contributed by atoms with Gasteiger partial charge in [0, 0.05) is 31.7 Å². The fourth-order valence-electron chi connectivity index (χ4n) is 4.74. The Bertz CT molecular complexity index is 1450. The second-order valence-electron chi connectivity index (χ2n) is 9.71. The lowest BCUT2D eigenvalue weighted by molar-refractivity contribution is 0.0997. The van der Waals surface area contributed by atoms with E-state index in [4.69, 9.17) is 27.1 Å². The van der Waals surface area contributed by atoms with Gasteiger partial charge in [0.15, 0.2) is 5.15 Å². The summed E-state index contributed by atoms with van der Waals surface area (Å²) in [6.07, 6.45) is 2.04. The maximum absolute atomic E-state index is 11.6. The first kappa shape index (κ1) is 28.2. The molecule has 0 bridgehead atoms. The Kier molecular flexibility index (Phi) is 9.28. The standard InChI is InChI=1S/C31H35ClN4O3/c1-4-5-15-36-27(29(32)34-31(36)25-12-7-6-9-21(25)2)20-35(18-22-10-8-11-24(16-22)39-3)19-23-13-14-26(30(33)38)28(37)17-23/h6-14,16-17,37H,4-5,15,18-20H2,1-3H3,(H2,33,38). The molecular weight excluding hydrogens is 512 g/mol. The maximum Gasteiger partial charge on any atom is 0.252 e. The van der Waals surface area contributed by atoms with Gasteiger partial charge >= 0.3 is 0 Å².